The number of hydrogen-bond acceptors (Lipinski definition) is 2. The molecule has 19 heavy (non-hydrogen) atoms. The predicted molar refractivity (Wildman–Crippen MR) is 68.2 cm³/mol. The highest BCUT2D eigenvalue weighted by Gasteiger charge is 2.28. The Morgan fingerprint density at radius 3 is 2.32 bits per heavy atom. The number of anilines is 1. The molecule has 1 rings (SSSR count). The molecule has 1 N–H and O–H groups in total. The largest absolute Gasteiger partial charge is 0.390 e. The van der Waals surface area contributed by atoms with E-state index < -0.39 is 18.5 Å². The third-order valence-corrected chi connectivity index (χ3v) is 2.59. The number of nitrogens with zero attached hydrogens (tertiary/aromatic N) is 1. The predicted octanol–water partition coefficient (Wildman–Crippen LogP) is 3.14. The summed E-state index contributed by atoms with van der Waals surface area (Å²) in [4.78, 5) is 12.9. The van der Waals surface area contributed by atoms with Crippen LogP contribution in [0.5, 0.6) is 0 Å². The lowest BCUT2D eigenvalue weighted by Crippen LogP contribution is -2.30. The molecule has 0 saturated carbocycles. The molecule has 0 fully saturated rings. The molecule has 0 saturated heterocycles. The van der Waals surface area contributed by atoms with Crippen molar-refractivity contribution in [3.8, 4) is 0 Å². The average molecular weight is 274 g/mol. The van der Waals surface area contributed by atoms with E-state index in [0.717, 1.165) is 17.1 Å². The zero-order chi connectivity index (χ0) is 14.5. The Bertz CT molecular complexity index is 415. The second-order valence-corrected chi connectivity index (χ2v) is 4.20. The van der Waals surface area contributed by atoms with E-state index in [1.54, 1.807) is 24.3 Å². The van der Waals surface area contributed by atoms with Gasteiger partial charge in [0.2, 0.25) is 0 Å². The van der Waals surface area contributed by atoms with Gasteiger partial charge >= 0.3 is 6.18 Å². The van der Waals surface area contributed by atoms with E-state index in [1.807, 2.05) is 6.92 Å². The number of carbonyl (C=O) groups excluding carboxylic acids is 1. The molecule has 1 aromatic carbocycles. The molecule has 0 spiro atoms. The monoisotopic (exact) mass is 274 g/mol. The van der Waals surface area contributed by atoms with E-state index in [0.29, 0.717) is 5.56 Å². The first-order valence-electron chi connectivity index (χ1n) is 5.99. The van der Waals surface area contributed by atoms with Crippen LogP contribution in [0, 0.1) is 0 Å². The molecular weight excluding hydrogens is 257 g/mol. The van der Waals surface area contributed by atoms with E-state index in [4.69, 9.17) is 0 Å². The Morgan fingerprint density at radius 2 is 1.84 bits per heavy atom. The first kappa shape index (κ1) is 15.3. The minimum Gasteiger partial charge on any atom is -0.385 e. The highest BCUT2D eigenvalue weighted by Crippen LogP contribution is 2.20. The van der Waals surface area contributed by atoms with Gasteiger partial charge in [-0.1, -0.05) is 0 Å². The summed E-state index contributed by atoms with van der Waals surface area (Å²) in [5.74, 6) is -0.410. The molecule has 0 radical (unpaired) electrons. The fourth-order valence-electron chi connectivity index (χ4n) is 1.55. The zero-order valence-electron chi connectivity index (χ0n) is 10.9. The van der Waals surface area contributed by atoms with Crippen LogP contribution in [0.1, 0.15) is 23.7 Å². The minimum absolute atomic E-state index is 0.336. The molecule has 0 atom stereocenters. The van der Waals surface area contributed by atoms with Gasteiger partial charge in [-0.15, -0.1) is 0 Å². The summed E-state index contributed by atoms with van der Waals surface area (Å²) >= 11 is 0. The third kappa shape index (κ3) is 5.19. The van der Waals surface area contributed by atoms with Crippen molar-refractivity contribution in [3.05, 3.63) is 29.8 Å². The fraction of sp³-hybridized carbons (Fsp3) is 0.462. The van der Waals surface area contributed by atoms with Crippen LogP contribution in [0.25, 0.3) is 0 Å². The molecule has 1 amide bonds. The van der Waals surface area contributed by atoms with E-state index in [1.165, 1.54) is 7.05 Å². The molecule has 0 unspecified atom stereocenters. The second kappa shape index (κ2) is 6.45. The third-order valence-electron chi connectivity index (χ3n) is 2.59. The summed E-state index contributed by atoms with van der Waals surface area (Å²) in [5.41, 5.74) is 1.25. The maximum atomic E-state index is 12.1. The number of halogens is 3. The van der Waals surface area contributed by atoms with Crippen LogP contribution in [-0.4, -0.2) is 37.1 Å². The molecule has 6 heteroatoms. The standard InChI is InChI=1S/C13H17F3N2O/c1-3-17-11-6-4-10(5-7-11)12(19)18(2)9-8-13(14,15)16/h4-7,17H,3,8-9H2,1-2H3. The molecule has 106 valence electrons. The molecule has 0 aromatic heterocycles. The van der Waals surface area contributed by atoms with Gasteiger partial charge in [0.1, 0.15) is 0 Å². The number of nitrogens with one attached hydrogen (secondary N) is 1. The van der Waals surface area contributed by atoms with Gasteiger partial charge in [0.25, 0.3) is 5.91 Å². The van der Waals surface area contributed by atoms with E-state index in [2.05, 4.69) is 5.32 Å². The quantitative estimate of drug-likeness (QED) is 0.894. The normalized spacial score (nSPS) is 11.2. The molecule has 0 aliphatic carbocycles. The van der Waals surface area contributed by atoms with Gasteiger partial charge in [0, 0.05) is 31.4 Å². The summed E-state index contributed by atoms with van der Waals surface area (Å²) in [7, 11) is 1.37. The van der Waals surface area contributed by atoms with Gasteiger partial charge in [-0.05, 0) is 31.2 Å². The van der Waals surface area contributed by atoms with Gasteiger partial charge in [-0.3, -0.25) is 4.79 Å². The molecule has 0 aliphatic rings. The van der Waals surface area contributed by atoms with Crippen LogP contribution in [0.2, 0.25) is 0 Å². The van der Waals surface area contributed by atoms with Gasteiger partial charge in [-0.25, -0.2) is 0 Å². The molecule has 1 aromatic rings. The highest BCUT2D eigenvalue weighted by molar-refractivity contribution is 5.94. The summed E-state index contributed by atoms with van der Waals surface area (Å²) in [6.45, 7) is 2.38. The maximum absolute atomic E-state index is 12.1. The van der Waals surface area contributed by atoms with Gasteiger partial charge in [-0.2, -0.15) is 13.2 Å². The Kier molecular flexibility index (Phi) is 5.20. The highest BCUT2D eigenvalue weighted by atomic mass is 19.4. The number of benzene rings is 1. The molecule has 3 nitrogen and oxygen atoms in total. The number of alkyl halides is 3. The number of hydrogen-bond donors (Lipinski definition) is 1. The number of amides is 1. The first-order valence-corrected chi connectivity index (χ1v) is 5.99. The van der Waals surface area contributed by atoms with Crippen molar-refractivity contribution < 1.29 is 18.0 Å². The van der Waals surface area contributed by atoms with Crippen molar-refractivity contribution in [3.63, 3.8) is 0 Å². The van der Waals surface area contributed by atoms with Crippen LogP contribution in [-0.2, 0) is 0 Å². The van der Waals surface area contributed by atoms with Crippen molar-refractivity contribution >= 4 is 11.6 Å². The fourth-order valence-corrected chi connectivity index (χ4v) is 1.55. The summed E-state index contributed by atoms with van der Waals surface area (Å²) in [6, 6.07) is 6.66. The lowest BCUT2D eigenvalue weighted by Gasteiger charge is -2.18. The van der Waals surface area contributed by atoms with E-state index >= 15 is 0 Å². The van der Waals surface area contributed by atoms with Crippen molar-refractivity contribution in [1.82, 2.24) is 4.90 Å². The second-order valence-electron chi connectivity index (χ2n) is 4.20. The zero-order valence-corrected chi connectivity index (χ0v) is 10.9. The SMILES string of the molecule is CCNc1ccc(C(=O)N(C)CCC(F)(F)F)cc1. The lowest BCUT2D eigenvalue weighted by molar-refractivity contribution is -0.136. The van der Waals surface area contributed by atoms with Crippen LogP contribution in [0.3, 0.4) is 0 Å². The Labute approximate surface area is 110 Å². The smallest absolute Gasteiger partial charge is 0.385 e. The Hall–Kier alpha value is -1.72. The lowest BCUT2D eigenvalue weighted by atomic mass is 10.2. The van der Waals surface area contributed by atoms with E-state index in [9.17, 15) is 18.0 Å². The van der Waals surface area contributed by atoms with Crippen LogP contribution < -0.4 is 5.32 Å². The topological polar surface area (TPSA) is 32.3 Å². The maximum Gasteiger partial charge on any atom is 0.390 e. The molecule has 0 bridgehead atoms. The minimum atomic E-state index is -4.25. The molecule has 0 heterocycles. The van der Waals surface area contributed by atoms with Crippen molar-refractivity contribution in [2.24, 2.45) is 0 Å². The van der Waals surface area contributed by atoms with Crippen molar-refractivity contribution in [1.29, 1.82) is 0 Å². The van der Waals surface area contributed by atoms with Crippen molar-refractivity contribution in [2.45, 2.75) is 19.5 Å². The van der Waals surface area contributed by atoms with Gasteiger partial charge < -0.3 is 10.2 Å². The van der Waals surface area contributed by atoms with Gasteiger partial charge in [0.15, 0.2) is 0 Å². The Morgan fingerprint density at radius 1 is 1.26 bits per heavy atom. The summed E-state index contributed by atoms with van der Waals surface area (Å²) < 4.78 is 36.2. The van der Waals surface area contributed by atoms with Crippen LogP contribution in [0.4, 0.5) is 18.9 Å². The molecular formula is C13H17F3N2O. The van der Waals surface area contributed by atoms with Crippen LogP contribution in [0.15, 0.2) is 24.3 Å². The average Bonchev–Trinajstić information content (AvgIpc) is 2.35. The Balaban J connectivity index is 2.61. The number of rotatable bonds is 5. The van der Waals surface area contributed by atoms with Crippen LogP contribution >= 0.6 is 0 Å². The molecule has 0 aliphatic heterocycles. The van der Waals surface area contributed by atoms with Gasteiger partial charge in [0.05, 0.1) is 6.42 Å². The summed E-state index contributed by atoms with van der Waals surface area (Å²) in [5, 5.41) is 3.07. The first-order chi connectivity index (χ1) is 8.83. The van der Waals surface area contributed by atoms with Crippen molar-refractivity contribution in [2.75, 3.05) is 25.5 Å². The summed E-state index contributed by atoms with van der Waals surface area (Å²) in [6.07, 6.45) is -5.24. The van der Waals surface area contributed by atoms with E-state index in [-0.39, 0.29) is 6.54 Å². The number of carbonyl (C=O) groups is 1.